The molecule has 0 atom stereocenters. The number of anilines is 1. The van der Waals surface area contributed by atoms with Crippen molar-refractivity contribution in [2.24, 2.45) is 0 Å². The SMILES string of the molecule is O=C(O)c1ccc(C(=O)Nc2ncccc2Cl)nc1. The predicted octanol–water partition coefficient (Wildman–Crippen LogP) is 2.08. The highest BCUT2D eigenvalue weighted by molar-refractivity contribution is 6.33. The van der Waals surface area contributed by atoms with Crippen LogP contribution in [0.5, 0.6) is 0 Å². The fourth-order valence-corrected chi connectivity index (χ4v) is 1.47. The third kappa shape index (κ3) is 3.05. The van der Waals surface area contributed by atoms with Crippen LogP contribution in [0, 0.1) is 0 Å². The van der Waals surface area contributed by atoms with Crippen LogP contribution in [0.1, 0.15) is 20.8 Å². The Morgan fingerprint density at radius 3 is 2.58 bits per heavy atom. The molecule has 0 aliphatic heterocycles. The Morgan fingerprint density at radius 2 is 2.00 bits per heavy atom. The maximum atomic E-state index is 11.8. The zero-order chi connectivity index (χ0) is 13.8. The number of carbonyl (C=O) groups excluding carboxylic acids is 1. The van der Waals surface area contributed by atoms with Gasteiger partial charge in [0.15, 0.2) is 5.82 Å². The summed E-state index contributed by atoms with van der Waals surface area (Å²) in [4.78, 5) is 30.1. The Hall–Kier alpha value is -2.47. The molecule has 0 aliphatic rings. The molecule has 0 saturated heterocycles. The summed E-state index contributed by atoms with van der Waals surface area (Å²) >= 11 is 5.85. The lowest BCUT2D eigenvalue weighted by atomic mass is 10.2. The maximum absolute atomic E-state index is 11.8. The highest BCUT2D eigenvalue weighted by Crippen LogP contribution is 2.17. The monoisotopic (exact) mass is 277 g/mol. The molecular weight excluding hydrogens is 270 g/mol. The number of pyridine rings is 2. The molecule has 6 nitrogen and oxygen atoms in total. The van der Waals surface area contributed by atoms with Crippen molar-refractivity contribution in [3.05, 3.63) is 52.9 Å². The summed E-state index contributed by atoms with van der Waals surface area (Å²) in [7, 11) is 0. The number of halogens is 1. The van der Waals surface area contributed by atoms with Gasteiger partial charge in [0, 0.05) is 12.4 Å². The Kier molecular flexibility index (Phi) is 3.72. The second kappa shape index (κ2) is 5.45. The van der Waals surface area contributed by atoms with E-state index in [1.165, 1.54) is 18.3 Å². The summed E-state index contributed by atoms with van der Waals surface area (Å²) in [5.41, 5.74) is 0.0825. The van der Waals surface area contributed by atoms with Crippen LogP contribution < -0.4 is 5.32 Å². The lowest BCUT2D eigenvalue weighted by molar-refractivity contribution is 0.0696. The number of nitrogens with one attached hydrogen (secondary N) is 1. The number of aromatic carboxylic acids is 1. The third-order valence-electron chi connectivity index (χ3n) is 2.23. The van der Waals surface area contributed by atoms with Gasteiger partial charge < -0.3 is 10.4 Å². The molecule has 2 aromatic heterocycles. The van der Waals surface area contributed by atoms with Crippen LogP contribution >= 0.6 is 11.6 Å². The number of amides is 1. The van der Waals surface area contributed by atoms with Crippen molar-refractivity contribution in [1.82, 2.24) is 9.97 Å². The number of hydrogen-bond donors (Lipinski definition) is 2. The van der Waals surface area contributed by atoms with Gasteiger partial charge in [0.1, 0.15) is 5.69 Å². The molecule has 2 rings (SSSR count). The number of nitrogens with zero attached hydrogens (tertiary/aromatic N) is 2. The Labute approximate surface area is 113 Å². The predicted molar refractivity (Wildman–Crippen MR) is 68.4 cm³/mol. The highest BCUT2D eigenvalue weighted by Gasteiger charge is 2.11. The van der Waals surface area contributed by atoms with Crippen LogP contribution in [0.25, 0.3) is 0 Å². The van der Waals surface area contributed by atoms with Gasteiger partial charge in [-0.3, -0.25) is 9.78 Å². The smallest absolute Gasteiger partial charge is 0.337 e. The quantitative estimate of drug-likeness (QED) is 0.896. The molecule has 2 N–H and O–H groups in total. The summed E-state index contributed by atoms with van der Waals surface area (Å²) < 4.78 is 0. The summed E-state index contributed by atoms with van der Waals surface area (Å²) in [6.07, 6.45) is 2.60. The fraction of sp³-hybridized carbons (Fsp3) is 0. The minimum Gasteiger partial charge on any atom is -0.478 e. The lowest BCUT2D eigenvalue weighted by Gasteiger charge is -2.05. The van der Waals surface area contributed by atoms with Gasteiger partial charge in [-0.15, -0.1) is 0 Å². The second-order valence-corrected chi connectivity index (χ2v) is 3.93. The van der Waals surface area contributed by atoms with Gasteiger partial charge in [-0.05, 0) is 24.3 Å². The van der Waals surface area contributed by atoms with Crippen molar-refractivity contribution in [3.8, 4) is 0 Å². The normalized spacial score (nSPS) is 9.95. The molecule has 19 heavy (non-hydrogen) atoms. The molecule has 0 aliphatic carbocycles. The van der Waals surface area contributed by atoms with Crippen molar-refractivity contribution in [3.63, 3.8) is 0 Å². The number of aromatic nitrogens is 2. The Morgan fingerprint density at radius 1 is 1.21 bits per heavy atom. The van der Waals surface area contributed by atoms with Gasteiger partial charge in [-0.25, -0.2) is 9.78 Å². The van der Waals surface area contributed by atoms with Crippen LogP contribution in [0.2, 0.25) is 5.02 Å². The molecule has 0 bridgehead atoms. The molecular formula is C12H8ClN3O3. The van der Waals surface area contributed by atoms with Crippen LogP contribution in [-0.4, -0.2) is 27.0 Å². The molecule has 7 heteroatoms. The van der Waals surface area contributed by atoms with Gasteiger partial charge in [0.2, 0.25) is 0 Å². The van der Waals surface area contributed by atoms with E-state index in [2.05, 4.69) is 15.3 Å². The van der Waals surface area contributed by atoms with E-state index in [4.69, 9.17) is 16.7 Å². The average Bonchev–Trinajstić information content (AvgIpc) is 2.41. The maximum Gasteiger partial charge on any atom is 0.337 e. The van der Waals surface area contributed by atoms with Gasteiger partial charge >= 0.3 is 5.97 Å². The third-order valence-corrected chi connectivity index (χ3v) is 2.54. The van der Waals surface area contributed by atoms with Gasteiger partial charge in [-0.2, -0.15) is 0 Å². The molecule has 96 valence electrons. The Bertz CT molecular complexity index is 628. The van der Waals surface area contributed by atoms with Crippen molar-refractivity contribution < 1.29 is 14.7 Å². The minimum absolute atomic E-state index is 0.00687. The van der Waals surface area contributed by atoms with Crippen LogP contribution in [-0.2, 0) is 0 Å². The summed E-state index contributed by atoms with van der Waals surface area (Å²) in [5.74, 6) is -1.40. The van der Waals surface area contributed by atoms with E-state index in [0.717, 1.165) is 6.20 Å². The fourth-order valence-electron chi connectivity index (χ4n) is 1.30. The number of carbonyl (C=O) groups is 2. The highest BCUT2D eigenvalue weighted by atomic mass is 35.5. The summed E-state index contributed by atoms with van der Waals surface area (Å²) in [6.45, 7) is 0. The van der Waals surface area contributed by atoms with E-state index in [1.807, 2.05) is 0 Å². The molecule has 0 radical (unpaired) electrons. The van der Waals surface area contributed by atoms with E-state index in [0.29, 0.717) is 5.02 Å². The molecule has 2 aromatic rings. The van der Waals surface area contributed by atoms with Crippen molar-refractivity contribution in [2.45, 2.75) is 0 Å². The first-order valence-electron chi connectivity index (χ1n) is 5.19. The minimum atomic E-state index is -1.10. The van der Waals surface area contributed by atoms with E-state index in [-0.39, 0.29) is 17.1 Å². The first-order valence-corrected chi connectivity index (χ1v) is 5.57. The standard InChI is InChI=1S/C12H8ClN3O3/c13-8-2-1-5-14-10(8)16-11(17)9-4-3-7(6-15-9)12(18)19/h1-6H,(H,18,19)(H,14,16,17). The zero-order valence-electron chi connectivity index (χ0n) is 9.50. The average molecular weight is 278 g/mol. The zero-order valence-corrected chi connectivity index (χ0v) is 10.3. The first kappa shape index (κ1) is 13.0. The van der Waals surface area contributed by atoms with E-state index in [1.54, 1.807) is 12.1 Å². The molecule has 0 aromatic carbocycles. The van der Waals surface area contributed by atoms with E-state index < -0.39 is 11.9 Å². The van der Waals surface area contributed by atoms with Crippen LogP contribution in [0.4, 0.5) is 5.82 Å². The molecule has 0 fully saturated rings. The van der Waals surface area contributed by atoms with Gasteiger partial charge in [-0.1, -0.05) is 11.6 Å². The van der Waals surface area contributed by atoms with Crippen LogP contribution in [0.15, 0.2) is 36.7 Å². The first-order chi connectivity index (χ1) is 9.08. The molecule has 2 heterocycles. The topological polar surface area (TPSA) is 92.2 Å². The van der Waals surface area contributed by atoms with Crippen molar-refractivity contribution >= 4 is 29.3 Å². The summed E-state index contributed by atoms with van der Waals surface area (Å²) in [6, 6.07) is 5.84. The number of carboxylic acids is 1. The molecule has 0 spiro atoms. The van der Waals surface area contributed by atoms with E-state index >= 15 is 0 Å². The second-order valence-electron chi connectivity index (χ2n) is 3.53. The largest absolute Gasteiger partial charge is 0.478 e. The van der Waals surface area contributed by atoms with Crippen molar-refractivity contribution in [2.75, 3.05) is 5.32 Å². The number of rotatable bonds is 3. The molecule has 0 saturated carbocycles. The summed E-state index contributed by atoms with van der Waals surface area (Å²) in [5, 5.41) is 11.5. The van der Waals surface area contributed by atoms with Gasteiger partial charge in [0.25, 0.3) is 5.91 Å². The number of hydrogen-bond acceptors (Lipinski definition) is 4. The molecule has 0 unspecified atom stereocenters. The van der Waals surface area contributed by atoms with Crippen molar-refractivity contribution in [1.29, 1.82) is 0 Å². The van der Waals surface area contributed by atoms with Crippen LogP contribution in [0.3, 0.4) is 0 Å². The molecule has 1 amide bonds. The van der Waals surface area contributed by atoms with E-state index in [9.17, 15) is 9.59 Å². The lowest BCUT2D eigenvalue weighted by Crippen LogP contribution is -2.15. The van der Waals surface area contributed by atoms with Gasteiger partial charge in [0.05, 0.1) is 10.6 Å². The Balaban J connectivity index is 2.16. The number of carboxylic acid groups (broad SMARTS) is 1.